The van der Waals surface area contributed by atoms with Crippen LogP contribution in [0.1, 0.15) is 55.1 Å². The second-order valence-corrected chi connectivity index (χ2v) is 10.7. The topological polar surface area (TPSA) is 84.9 Å². The van der Waals surface area contributed by atoms with Crippen molar-refractivity contribution in [1.82, 2.24) is 5.32 Å². The number of sulfonamides is 1. The predicted molar refractivity (Wildman–Crippen MR) is 119 cm³/mol. The molecule has 0 saturated carbocycles. The molecule has 2 aromatic rings. The molecule has 7 nitrogen and oxygen atoms in total. The number of nitrogens with zero attached hydrogens (tertiary/aromatic N) is 1. The van der Waals surface area contributed by atoms with Crippen molar-refractivity contribution < 1.29 is 22.7 Å². The maximum Gasteiger partial charge on any atom is 0.251 e. The molecule has 0 aromatic heterocycles. The lowest BCUT2D eigenvalue weighted by atomic mass is 9.89. The van der Waals surface area contributed by atoms with E-state index in [1.165, 1.54) is 4.31 Å². The average Bonchev–Trinajstić information content (AvgIpc) is 2.72. The molecule has 2 aromatic carbocycles. The van der Waals surface area contributed by atoms with E-state index in [1.54, 1.807) is 31.4 Å². The molecule has 2 heterocycles. The lowest BCUT2D eigenvalue weighted by Crippen LogP contribution is -2.41. The Labute approximate surface area is 183 Å². The summed E-state index contributed by atoms with van der Waals surface area (Å²) in [6.45, 7) is 4.45. The van der Waals surface area contributed by atoms with Crippen LogP contribution in [-0.4, -0.2) is 39.3 Å². The molecule has 0 spiro atoms. The highest BCUT2D eigenvalue weighted by Crippen LogP contribution is 2.41. The minimum Gasteiger partial charge on any atom is -0.497 e. The molecule has 1 amide bonds. The number of hydrogen-bond donors (Lipinski definition) is 1. The van der Waals surface area contributed by atoms with E-state index < -0.39 is 15.6 Å². The molecule has 0 radical (unpaired) electrons. The fourth-order valence-corrected chi connectivity index (χ4v) is 5.83. The van der Waals surface area contributed by atoms with Gasteiger partial charge in [-0.05, 0) is 63.1 Å². The largest absolute Gasteiger partial charge is 0.497 e. The van der Waals surface area contributed by atoms with Gasteiger partial charge in [-0.15, -0.1) is 0 Å². The Morgan fingerprint density at radius 3 is 2.58 bits per heavy atom. The van der Waals surface area contributed by atoms with Crippen molar-refractivity contribution in [2.45, 2.75) is 44.8 Å². The van der Waals surface area contributed by atoms with Gasteiger partial charge in [0.25, 0.3) is 5.91 Å². The second kappa shape index (κ2) is 8.07. The number of ether oxygens (including phenoxy) is 2. The molecule has 1 atom stereocenters. The highest BCUT2D eigenvalue weighted by atomic mass is 32.2. The molecule has 0 aliphatic carbocycles. The summed E-state index contributed by atoms with van der Waals surface area (Å²) in [6.07, 6.45) is 2.15. The highest BCUT2D eigenvalue weighted by Gasteiger charge is 2.35. The summed E-state index contributed by atoms with van der Waals surface area (Å²) in [7, 11) is -1.67. The highest BCUT2D eigenvalue weighted by molar-refractivity contribution is 7.92. The lowest BCUT2D eigenvalue weighted by molar-refractivity contribution is 0.0617. The van der Waals surface area contributed by atoms with Crippen LogP contribution in [0.25, 0.3) is 0 Å². The lowest BCUT2D eigenvalue weighted by Gasteiger charge is -2.38. The number of anilines is 1. The summed E-state index contributed by atoms with van der Waals surface area (Å²) in [4.78, 5) is 13.0. The van der Waals surface area contributed by atoms with Crippen LogP contribution in [0.2, 0.25) is 0 Å². The maximum atomic E-state index is 13.0. The molecule has 1 fully saturated rings. The number of amides is 1. The van der Waals surface area contributed by atoms with E-state index in [2.05, 4.69) is 5.32 Å². The normalized spacial score (nSPS) is 21.5. The summed E-state index contributed by atoms with van der Waals surface area (Å²) in [6, 6.07) is 12.1. The monoisotopic (exact) mass is 444 g/mol. The van der Waals surface area contributed by atoms with Gasteiger partial charge in [0.15, 0.2) is 0 Å². The quantitative estimate of drug-likeness (QED) is 0.778. The van der Waals surface area contributed by atoms with Crippen LogP contribution in [0.3, 0.4) is 0 Å². The van der Waals surface area contributed by atoms with Gasteiger partial charge < -0.3 is 14.8 Å². The van der Waals surface area contributed by atoms with Crippen LogP contribution < -0.4 is 19.1 Å². The molecule has 4 rings (SSSR count). The van der Waals surface area contributed by atoms with E-state index in [-0.39, 0.29) is 17.7 Å². The molecule has 0 bridgehead atoms. The molecule has 1 saturated heterocycles. The van der Waals surface area contributed by atoms with Gasteiger partial charge in [-0.1, -0.05) is 0 Å². The first-order valence-corrected chi connectivity index (χ1v) is 12.1. The molecule has 2 aliphatic rings. The van der Waals surface area contributed by atoms with Crippen molar-refractivity contribution in [3.05, 3.63) is 53.6 Å². The zero-order valence-electron chi connectivity index (χ0n) is 18.1. The Hall–Kier alpha value is -2.74. The number of rotatable bonds is 4. The van der Waals surface area contributed by atoms with Gasteiger partial charge in [0, 0.05) is 30.2 Å². The summed E-state index contributed by atoms with van der Waals surface area (Å²) < 4.78 is 37.4. The number of fused-ring (bicyclic) bond motifs is 1. The smallest absolute Gasteiger partial charge is 0.251 e. The maximum absolute atomic E-state index is 13.0. The first-order valence-electron chi connectivity index (χ1n) is 10.5. The van der Waals surface area contributed by atoms with Crippen molar-refractivity contribution in [3.8, 4) is 11.5 Å². The Morgan fingerprint density at radius 1 is 1.16 bits per heavy atom. The van der Waals surface area contributed by atoms with Gasteiger partial charge >= 0.3 is 0 Å². The first kappa shape index (κ1) is 21.5. The van der Waals surface area contributed by atoms with Crippen LogP contribution in [0.4, 0.5) is 5.69 Å². The van der Waals surface area contributed by atoms with Gasteiger partial charge in [-0.25, -0.2) is 8.42 Å². The standard InChI is InChI=1S/C23H28N2O5S/c1-23(2)15-20(19-11-10-18(29-3)14-21(19)30-23)24-22(26)16-6-8-17(9-7-16)25-12-4-5-13-31(25,27)28/h6-11,14,20H,4-5,12-13,15H2,1-3H3,(H,24,26)/t20-/m0/s1. The molecule has 1 N–H and O–H groups in total. The van der Waals surface area contributed by atoms with Gasteiger partial charge in [0.2, 0.25) is 10.0 Å². The molecule has 2 aliphatic heterocycles. The van der Waals surface area contributed by atoms with Crippen LogP contribution in [0.15, 0.2) is 42.5 Å². The molecule has 0 unspecified atom stereocenters. The molecule has 8 heteroatoms. The van der Waals surface area contributed by atoms with Crippen LogP contribution in [0, 0.1) is 0 Å². The minimum atomic E-state index is -3.28. The molecule has 166 valence electrons. The van der Waals surface area contributed by atoms with Crippen molar-refractivity contribution >= 4 is 21.6 Å². The molecular weight excluding hydrogens is 416 g/mol. The van der Waals surface area contributed by atoms with Gasteiger partial charge in [0.1, 0.15) is 17.1 Å². The number of hydrogen-bond acceptors (Lipinski definition) is 5. The van der Waals surface area contributed by atoms with E-state index >= 15 is 0 Å². The van der Waals surface area contributed by atoms with Crippen LogP contribution in [0.5, 0.6) is 11.5 Å². The number of methoxy groups -OCH3 is 1. The van der Waals surface area contributed by atoms with Crippen LogP contribution in [-0.2, 0) is 10.0 Å². The number of nitrogens with one attached hydrogen (secondary N) is 1. The number of carbonyl (C=O) groups is 1. The van der Waals surface area contributed by atoms with E-state index in [9.17, 15) is 13.2 Å². The molecular formula is C23H28N2O5S. The van der Waals surface area contributed by atoms with Crippen molar-refractivity contribution in [2.75, 3.05) is 23.7 Å². The third-order valence-corrected chi connectivity index (χ3v) is 7.62. The zero-order valence-corrected chi connectivity index (χ0v) is 18.9. The Kier molecular flexibility index (Phi) is 5.60. The minimum absolute atomic E-state index is 0.166. The number of carbonyl (C=O) groups excluding carboxylic acids is 1. The SMILES string of the molecule is COc1ccc2c(c1)OC(C)(C)C[C@@H]2NC(=O)c1ccc(N2CCCCS2(=O)=O)cc1. The fourth-order valence-electron chi connectivity index (χ4n) is 4.19. The fraction of sp³-hybridized carbons (Fsp3) is 0.435. The van der Waals surface area contributed by atoms with Crippen LogP contribution >= 0.6 is 0 Å². The Balaban J connectivity index is 1.53. The zero-order chi connectivity index (χ0) is 22.2. The first-order chi connectivity index (χ1) is 14.7. The van der Waals surface area contributed by atoms with Crippen molar-refractivity contribution in [2.24, 2.45) is 0 Å². The Bertz CT molecular complexity index is 1080. The third-order valence-electron chi connectivity index (χ3n) is 5.75. The predicted octanol–water partition coefficient (Wildman–Crippen LogP) is 3.66. The van der Waals surface area contributed by atoms with E-state index in [0.717, 1.165) is 12.0 Å². The van der Waals surface area contributed by atoms with Gasteiger partial charge in [-0.2, -0.15) is 0 Å². The van der Waals surface area contributed by atoms with Crippen molar-refractivity contribution in [1.29, 1.82) is 0 Å². The van der Waals surface area contributed by atoms with E-state index in [1.807, 2.05) is 32.0 Å². The van der Waals surface area contributed by atoms with Gasteiger partial charge in [0.05, 0.1) is 24.6 Å². The summed E-state index contributed by atoms with van der Waals surface area (Å²) >= 11 is 0. The number of benzene rings is 2. The van der Waals surface area contributed by atoms with Crippen molar-refractivity contribution in [3.63, 3.8) is 0 Å². The Morgan fingerprint density at radius 2 is 1.90 bits per heavy atom. The average molecular weight is 445 g/mol. The summed E-state index contributed by atoms with van der Waals surface area (Å²) in [5.74, 6) is 1.35. The van der Waals surface area contributed by atoms with E-state index in [0.29, 0.717) is 42.1 Å². The second-order valence-electron chi connectivity index (χ2n) is 8.64. The van der Waals surface area contributed by atoms with Gasteiger partial charge in [-0.3, -0.25) is 9.10 Å². The molecule has 31 heavy (non-hydrogen) atoms. The summed E-state index contributed by atoms with van der Waals surface area (Å²) in [5, 5.41) is 3.11. The van der Waals surface area contributed by atoms with E-state index in [4.69, 9.17) is 9.47 Å². The third kappa shape index (κ3) is 4.49. The summed E-state index contributed by atoms with van der Waals surface area (Å²) in [5.41, 5.74) is 1.55.